The van der Waals surface area contributed by atoms with E-state index in [9.17, 15) is 8.42 Å². The second-order valence-electron chi connectivity index (χ2n) is 5.92. The van der Waals surface area contributed by atoms with Crippen molar-refractivity contribution in [1.82, 2.24) is 8.87 Å². The second kappa shape index (κ2) is 7.15. The van der Waals surface area contributed by atoms with Gasteiger partial charge in [0, 0.05) is 21.0 Å². The lowest BCUT2D eigenvalue weighted by Crippen LogP contribution is -2.20. The molecule has 25 heavy (non-hydrogen) atoms. The summed E-state index contributed by atoms with van der Waals surface area (Å²) in [7, 11) is 0.329. The van der Waals surface area contributed by atoms with Crippen LogP contribution in [0, 0.1) is 0 Å². The van der Waals surface area contributed by atoms with Gasteiger partial charge in [-0.05, 0) is 55.1 Å². The molecule has 0 N–H and O–H groups in total. The van der Waals surface area contributed by atoms with Crippen molar-refractivity contribution < 1.29 is 8.42 Å². The molecule has 2 aromatic carbocycles. The molecular formula is C18H19BrN2O2S2. The molecule has 0 amide bonds. The van der Waals surface area contributed by atoms with Crippen LogP contribution in [0.4, 0.5) is 0 Å². The summed E-state index contributed by atoms with van der Waals surface area (Å²) in [5, 5.41) is 1.17. The first kappa shape index (κ1) is 18.5. The molecule has 0 aliphatic carbocycles. The number of nitrogens with zero attached hydrogens (tertiary/aromatic N) is 2. The van der Waals surface area contributed by atoms with Gasteiger partial charge in [-0.25, -0.2) is 12.4 Å². The zero-order valence-electron chi connectivity index (χ0n) is 14.2. The zero-order chi connectivity index (χ0) is 18.2. The maximum atomic E-state index is 13.2. The van der Waals surface area contributed by atoms with E-state index in [-0.39, 0.29) is 10.3 Å². The van der Waals surface area contributed by atoms with Gasteiger partial charge in [0.15, 0.2) is 0 Å². The Hall–Kier alpha value is -1.28. The van der Waals surface area contributed by atoms with E-state index < -0.39 is 10.0 Å². The molecule has 0 radical (unpaired) electrons. The number of halogens is 1. The van der Waals surface area contributed by atoms with Crippen LogP contribution < -0.4 is 0 Å². The van der Waals surface area contributed by atoms with Gasteiger partial charge in [0.1, 0.15) is 4.90 Å². The number of hydrogen-bond donors (Lipinski definition) is 0. The predicted octanol–water partition coefficient (Wildman–Crippen LogP) is 4.64. The maximum Gasteiger partial charge on any atom is 0.269 e. The first-order chi connectivity index (χ1) is 11.8. The van der Waals surface area contributed by atoms with Crippen LogP contribution >= 0.6 is 27.7 Å². The molecule has 1 heterocycles. The van der Waals surface area contributed by atoms with E-state index in [0.717, 1.165) is 10.3 Å². The van der Waals surface area contributed by atoms with Crippen molar-refractivity contribution >= 4 is 48.6 Å². The van der Waals surface area contributed by atoms with Crippen molar-refractivity contribution in [3.8, 4) is 0 Å². The second-order valence-corrected chi connectivity index (χ2v) is 9.92. The molecule has 0 saturated heterocycles. The van der Waals surface area contributed by atoms with E-state index in [1.165, 1.54) is 3.97 Å². The van der Waals surface area contributed by atoms with Crippen LogP contribution in [0.15, 0.2) is 69.0 Å². The number of benzene rings is 2. The van der Waals surface area contributed by atoms with E-state index in [2.05, 4.69) is 27.8 Å². The fourth-order valence-electron chi connectivity index (χ4n) is 2.46. The van der Waals surface area contributed by atoms with Crippen molar-refractivity contribution in [3.05, 3.63) is 59.2 Å². The average Bonchev–Trinajstić information content (AvgIpc) is 2.94. The van der Waals surface area contributed by atoms with Gasteiger partial charge >= 0.3 is 0 Å². The molecule has 3 aromatic rings. The minimum atomic E-state index is -3.69. The zero-order valence-corrected chi connectivity index (χ0v) is 17.4. The molecule has 1 unspecified atom stereocenters. The summed E-state index contributed by atoms with van der Waals surface area (Å²) in [6, 6.07) is 14.5. The quantitative estimate of drug-likeness (QED) is 0.429. The fourth-order valence-corrected chi connectivity index (χ4v) is 5.91. The van der Waals surface area contributed by atoms with E-state index in [1.54, 1.807) is 42.2 Å². The normalized spacial score (nSPS) is 13.5. The molecule has 132 valence electrons. The number of hydrogen-bond acceptors (Lipinski definition) is 4. The van der Waals surface area contributed by atoms with E-state index in [4.69, 9.17) is 0 Å². The van der Waals surface area contributed by atoms with Gasteiger partial charge in [-0.3, -0.25) is 4.90 Å². The van der Waals surface area contributed by atoms with Crippen molar-refractivity contribution in [3.63, 3.8) is 0 Å². The van der Waals surface area contributed by atoms with Crippen molar-refractivity contribution in [2.45, 2.75) is 22.1 Å². The minimum Gasteiger partial charge on any atom is -0.298 e. The summed E-state index contributed by atoms with van der Waals surface area (Å²) in [5.74, 6) is 0. The van der Waals surface area contributed by atoms with E-state index >= 15 is 0 Å². The van der Waals surface area contributed by atoms with Crippen LogP contribution in [-0.4, -0.2) is 36.8 Å². The highest BCUT2D eigenvalue weighted by Crippen LogP contribution is 2.35. The topological polar surface area (TPSA) is 42.3 Å². The molecule has 1 atom stereocenters. The Balaban J connectivity index is 2.19. The van der Waals surface area contributed by atoms with Crippen LogP contribution in [0.2, 0.25) is 0 Å². The number of para-hydroxylation sites is 1. The molecule has 0 bridgehead atoms. The lowest BCUT2D eigenvalue weighted by Gasteiger charge is -2.18. The maximum absolute atomic E-state index is 13.2. The summed E-state index contributed by atoms with van der Waals surface area (Å²) >= 11 is 5.00. The van der Waals surface area contributed by atoms with Crippen LogP contribution in [0.5, 0.6) is 0 Å². The lowest BCUT2D eigenvalue weighted by atomic mass is 10.2. The first-order valence-corrected chi connectivity index (χ1v) is 10.9. The Labute approximate surface area is 161 Å². The number of rotatable bonds is 5. The Bertz CT molecular complexity index is 1010. The summed E-state index contributed by atoms with van der Waals surface area (Å²) in [4.78, 5) is 3.30. The summed E-state index contributed by atoms with van der Waals surface area (Å²) < 4.78 is 28.4. The van der Waals surface area contributed by atoms with Crippen molar-refractivity contribution in [2.75, 3.05) is 14.1 Å². The molecular weight excluding hydrogens is 420 g/mol. The van der Waals surface area contributed by atoms with Gasteiger partial charge in [0.25, 0.3) is 10.0 Å². The summed E-state index contributed by atoms with van der Waals surface area (Å²) in [6.07, 6.45) is 1.73. The largest absolute Gasteiger partial charge is 0.298 e. The smallest absolute Gasteiger partial charge is 0.269 e. The average molecular weight is 439 g/mol. The summed E-state index contributed by atoms with van der Waals surface area (Å²) in [5.41, 5.74) is 0.687. The molecule has 0 spiro atoms. The highest BCUT2D eigenvalue weighted by atomic mass is 79.9. The minimum absolute atomic E-state index is 0.227. The number of fused-ring (bicyclic) bond motifs is 1. The Morgan fingerprint density at radius 1 is 1.08 bits per heavy atom. The molecule has 4 nitrogen and oxygen atoms in total. The molecule has 0 saturated carbocycles. The third-order valence-electron chi connectivity index (χ3n) is 4.04. The Kier molecular flexibility index (Phi) is 5.29. The monoisotopic (exact) mass is 438 g/mol. The van der Waals surface area contributed by atoms with E-state index in [1.807, 2.05) is 38.4 Å². The lowest BCUT2D eigenvalue weighted by molar-refractivity contribution is 0.402. The van der Waals surface area contributed by atoms with Gasteiger partial charge in [-0.1, -0.05) is 30.3 Å². The van der Waals surface area contributed by atoms with Gasteiger partial charge in [-0.15, -0.1) is 11.8 Å². The molecule has 0 aliphatic heterocycles. The Morgan fingerprint density at radius 3 is 2.40 bits per heavy atom. The molecule has 3 rings (SSSR count). The molecule has 0 fully saturated rings. The highest BCUT2D eigenvalue weighted by Gasteiger charge is 2.24. The standard InChI is InChI=1S/C18H19BrN2O2S2/c1-13(20(2)3)24-17-12-21(16-10-6-4-8-14(16)17)25(22,23)18-11-7-5-9-15(18)19/h4-13H,1-3H3. The van der Waals surface area contributed by atoms with Crippen LogP contribution in [0.3, 0.4) is 0 Å². The first-order valence-electron chi connectivity index (χ1n) is 7.75. The van der Waals surface area contributed by atoms with Gasteiger partial charge in [0.05, 0.1) is 10.9 Å². The van der Waals surface area contributed by atoms with Crippen LogP contribution in [0.25, 0.3) is 10.9 Å². The van der Waals surface area contributed by atoms with Crippen molar-refractivity contribution in [2.24, 2.45) is 0 Å². The molecule has 0 aliphatic rings. The number of aromatic nitrogens is 1. The summed E-state index contributed by atoms with van der Waals surface area (Å²) in [6.45, 7) is 2.10. The van der Waals surface area contributed by atoms with Crippen LogP contribution in [0.1, 0.15) is 6.92 Å². The Morgan fingerprint density at radius 2 is 1.72 bits per heavy atom. The fraction of sp³-hybridized carbons (Fsp3) is 0.222. The van der Waals surface area contributed by atoms with E-state index in [0.29, 0.717) is 9.99 Å². The predicted molar refractivity (Wildman–Crippen MR) is 108 cm³/mol. The molecule has 1 aromatic heterocycles. The van der Waals surface area contributed by atoms with Gasteiger partial charge in [-0.2, -0.15) is 0 Å². The van der Waals surface area contributed by atoms with Gasteiger partial charge in [0.2, 0.25) is 0 Å². The van der Waals surface area contributed by atoms with Crippen LogP contribution in [-0.2, 0) is 10.0 Å². The van der Waals surface area contributed by atoms with Gasteiger partial charge < -0.3 is 0 Å². The third kappa shape index (κ3) is 3.51. The molecule has 7 heteroatoms. The number of thioether (sulfide) groups is 1. The third-order valence-corrected chi connectivity index (χ3v) is 8.07. The van der Waals surface area contributed by atoms with Crippen molar-refractivity contribution in [1.29, 1.82) is 0 Å². The SMILES string of the molecule is CC(Sc1cn(S(=O)(=O)c2ccccc2Br)c2ccccc12)N(C)C. The highest BCUT2D eigenvalue weighted by molar-refractivity contribution is 9.10.